The first-order valence-electron chi connectivity index (χ1n) is 9.72. The molecule has 0 saturated carbocycles. The lowest BCUT2D eigenvalue weighted by atomic mass is 9.89. The molecule has 0 saturated heterocycles. The smallest absolute Gasteiger partial charge is 0.305 e. The van der Waals surface area contributed by atoms with Gasteiger partial charge in [-0.1, -0.05) is 74.5 Å². The van der Waals surface area contributed by atoms with Crippen molar-refractivity contribution in [3.8, 4) is 0 Å². The van der Waals surface area contributed by atoms with Gasteiger partial charge in [0.2, 0.25) is 0 Å². The first-order chi connectivity index (χ1) is 12.7. The van der Waals surface area contributed by atoms with E-state index in [2.05, 4.69) is 67.3 Å². The monoisotopic (exact) mass is 353 g/mol. The summed E-state index contributed by atoms with van der Waals surface area (Å²) in [5.74, 6) is 0.165. The Morgan fingerprint density at radius 1 is 0.923 bits per heavy atom. The van der Waals surface area contributed by atoms with Crippen molar-refractivity contribution in [2.24, 2.45) is 0 Å². The van der Waals surface area contributed by atoms with Gasteiger partial charge in [-0.05, 0) is 43.6 Å². The lowest BCUT2D eigenvalue weighted by molar-refractivity contribution is -0.144. The highest BCUT2D eigenvalue weighted by Gasteiger charge is 2.15. The number of rotatable bonds is 11. The van der Waals surface area contributed by atoms with E-state index in [-0.39, 0.29) is 11.9 Å². The maximum atomic E-state index is 12.0. The predicted octanol–water partition coefficient (Wildman–Crippen LogP) is 4.87. The molecule has 3 heteroatoms. The fourth-order valence-corrected chi connectivity index (χ4v) is 3.25. The molecule has 0 radical (unpaired) electrons. The second-order valence-corrected chi connectivity index (χ2v) is 6.51. The summed E-state index contributed by atoms with van der Waals surface area (Å²) in [5, 5.41) is 0. The van der Waals surface area contributed by atoms with Crippen LogP contribution in [0.5, 0.6) is 0 Å². The number of carbonyl (C=O) groups is 1. The summed E-state index contributed by atoms with van der Waals surface area (Å²) in [6.45, 7) is 7.77. The van der Waals surface area contributed by atoms with Gasteiger partial charge in [-0.3, -0.25) is 4.79 Å². The normalized spacial score (nSPS) is 11.1. The molecule has 0 bridgehead atoms. The number of hydrogen-bond acceptors (Lipinski definition) is 3. The SMILES string of the molecule is CCN(CC)CCCC(=O)OCCC(c1ccccc1)c1ccccc1. The lowest BCUT2D eigenvalue weighted by Crippen LogP contribution is -2.24. The van der Waals surface area contributed by atoms with Gasteiger partial charge in [-0.2, -0.15) is 0 Å². The van der Waals surface area contributed by atoms with Crippen molar-refractivity contribution in [2.45, 2.75) is 39.0 Å². The molecule has 0 fully saturated rings. The van der Waals surface area contributed by atoms with Crippen molar-refractivity contribution in [2.75, 3.05) is 26.2 Å². The molecule has 140 valence electrons. The van der Waals surface area contributed by atoms with E-state index in [0.717, 1.165) is 32.5 Å². The van der Waals surface area contributed by atoms with Crippen molar-refractivity contribution in [1.29, 1.82) is 0 Å². The minimum absolute atomic E-state index is 0.0861. The van der Waals surface area contributed by atoms with E-state index in [1.165, 1.54) is 11.1 Å². The van der Waals surface area contributed by atoms with E-state index < -0.39 is 0 Å². The third-order valence-corrected chi connectivity index (χ3v) is 4.82. The number of ether oxygens (including phenoxy) is 1. The van der Waals surface area contributed by atoms with Crippen LogP contribution in [0, 0.1) is 0 Å². The zero-order chi connectivity index (χ0) is 18.6. The zero-order valence-corrected chi connectivity index (χ0v) is 16.1. The summed E-state index contributed by atoms with van der Waals surface area (Å²) in [6, 6.07) is 20.9. The molecule has 0 N–H and O–H groups in total. The molecule has 0 heterocycles. The van der Waals surface area contributed by atoms with Crippen molar-refractivity contribution in [3.63, 3.8) is 0 Å². The Morgan fingerprint density at radius 3 is 1.96 bits per heavy atom. The van der Waals surface area contributed by atoms with Crippen LogP contribution in [0.2, 0.25) is 0 Å². The van der Waals surface area contributed by atoms with Gasteiger partial charge in [0.05, 0.1) is 6.61 Å². The predicted molar refractivity (Wildman–Crippen MR) is 107 cm³/mol. The summed E-state index contributed by atoms with van der Waals surface area (Å²) in [5.41, 5.74) is 2.52. The fraction of sp³-hybridized carbons (Fsp3) is 0.435. The molecule has 0 aliphatic carbocycles. The van der Waals surface area contributed by atoms with Crippen LogP contribution in [0.4, 0.5) is 0 Å². The lowest BCUT2D eigenvalue weighted by Gasteiger charge is -2.19. The van der Waals surface area contributed by atoms with Gasteiger partial charge in [0.1, 0.15) is 0 Å². The van der Waals surface area contributed by atoms with Gasteiger partial charge in [-0.25, -0.2) is 0 Å². The zero-order valence-electron chi connectivity index (χ0n) is 16.1. The summed E-state index contributed by atoms with van der Waals surface area (Å²) in [6.07, 6.45) is 2.16. The summed E-state index contributed by atoms with van der Waals surface area (Å²) in [4.78, 5) is 14.3. The molecule has 2 aromatic carbocycles. The Morgan fingerprint density at radius 2 is 1.46 bits per heavy atom. The van der Waals surface area contributed by atoms with E-state index in [0.29, 0.717) is 13.0 Å². The summed E-state index contributed by atoms with van der Waals surface area (Å²) >= 11 is 0. The Kier molecular flexibility index (Phi) is 8.91. The number of hydrogen-bond donors (Lipinski definition) is 0. The average molecular weight is 354 g/mol. The van der Waals surface area contributed by atoms with Crippen molar-refractivity contribution >= 4 is 5.97 Å². The highest BCUT2D eigenvalue weighted by Crippen LogP contribution is 2.27. The third-order valence-electron chi connectivity index (χ3n) is 4.82. The molecule has 0 unspecified atom stereocenters. The van der Waals surface area contributed by atoms with E-state index in [1.54, 1.807) is 0 Å². The second-order valence-electron chi connectivity index (χ2n) is 6.51. The van der Waals surface area contributed by atoms with Gasteiger partial charge in [0.15, 0.2) is 0 Å². The Labute approximate surface area is 158 Å². The van der Waals surface area contributed by atoms with Crippen LogP contribution >= 0.6 is 0 Å². The average Bonchev–Trinajstić information content (AvgIpc) is 2.70. The van der Waals surface area contributed by atoms with Gasteiger partial charge in [0, 0.05) is 12.3 Å². The first kappa shape index (κ1) is 20.2. The molecule has 0 amide bonds. The van der Waals surface area contributed by atoms with Crippen LogP contribution in [0.15, 0.2) is 60.7 Å². The number of nitrogens with zero attached hydrogens (tertiary/aromatic N) is 1. The number of esters is 1. The number of carbonyl (C=O) groups excluding carboxylic acids is 1. The van der Waals surface area contributed by atoms with Gasteiger partial charge in [-0.15, -0.1) is 0 Å². The number of benzene rings is 2. The minimum Gasteiger partial charge on any atom is -0.466 e. The fourth-order valence-electron chi connectivity index (χ4n) is 3.25. The van der Waals surface area contributed by atoms with Crippen LogP contribution in [0.25, 0.3) is 0 Å². The van der Waals surface area contributed by atoms with Crippen LogP contribution in [-0.2, 0) is 9.53 Å². The standard InChI is InChI=1S/C23H31NO2/c1-3-24(4-2)18-11-16-23(25)26-19-17-22(20-12-7-5-8-13-20)21-14-9-6-10-15-21/h5-10,12-15,22H,3-4,11,16-19H2,1-2H3. The van der Waals surface area contributed by atoms with Crippen molar-refractivity contribution in [3.05, 3.63) is 71.8 Å². The molecule has 0 atom stereocenters. The molecular formula is C23H31NO2. The highest BCUT2D eigenvalue weighted by molar-refractivity contribution is 5.69. The molecular weight excluding hydrogens is 322 g/mol. The van der Waals surface area contributed by atoms with Crippen LogP contribution in [-0.4, -0.2) is 37.1 Å². The van der Waals surface area contributed by atoms with E-state index in [1.807, 2.05) is 12.1 Å². The van der Waals surface area contributed by atoms with E-state index in [9.17, 15) is 4.79 Å². The molecule has 3 nitrogen and oxygen atoms in total. The molecule has 0 spiro atoms. The Hall–Kier alpha value is -2.13. The Balaban J connectivity index is 1.83. The van der Waals surface area contributed by atoms with Crippen molar-refractivity contribution in [1.82, 2.24) is 4.90 Å². The first-order valence-corrected chi connectivity index (χ1v) is 9.72. The summed E-state index contributed by atoms with van der Waals surface area (Å²) in [7, 11) is 0. The topological polar surface area (TPSA) is 29.5 Å². The third kappa shape index (κ3) is 6.64. The van der Waals surface area contributed by atoms with E-state index >= 15 is 0 Å². The minimum atomic E-state index is -0.0861. The van der Waals surface area contributed by atoms with Crippen molar-refractivity contribution < 1.29 is 9.53 Å². The largest absolute Gasteiger partial charge is 0.466 e. The molecule has 0 aliphatic rings. The maximum Gasteiger partial charge on any atom is 0.305 e. The molecule has 26 heavy (non-hydrogen) atoms. The van der Waals surface area contributed by atoms with Crippen LogP contribution in [0.1, 0.15) is 50.2 Å². The molecule has 2 aromatic rings. The second kappa shape index (κ2) is 11.5. The summed E-state index contributed by atoms with van der Waals surface area (Å²) < 4.78 is 5.51. The van der Waals surface area contributed by atoms with Crippen LogP contribution in [0.3, 0.4) is 0 Å². The van der Waals surface area contributed by atoms with Crippen LogP contribution < -0.4 is 0 Å². The molecule has 2 rings (SSSR count). The highest BCUT2D eigenvalue weighted by atomic mass is 16.5. The quantitative estimate of drug-likeness (QED) is 0.540. The van der Waals surface area contributed by atoms with Gasteiger partial charge >= 0.3 is 5.97 Å². The molecule has 0 aliphatic heterocycles. The molecule has 0 aromatic heterocycles. The Bertz CT molecular complexity index is 584. The van der Waals surface area contributed by atoms with Gasteiger partial charge < -0.3 is 9.64 Å². The van der Waals surface area contributed by atoms with E-state index in [4.69, 9.17) is 4.74 Å². The van der Waals surface area contributed by atoms with Gasteiger partial charge in [0.25, 0.3) is 0 Å². The maximum absolute atomic E-state index is 12.0.